The Balaban J connectivity index is 2.30. The van der Waals surface area contributed by atoms with Crippen molar-refractivity contribution in [2.75, 3.05) is 43.7 Å². The van der Waals surface area contributed by atoms with Crippen LogP contribution in [-0.2, 0) is 0 Å². The molecule has 1 aliphatic heterocycles. The van der Waals surface area contributed by atoms with Crippen LogP contribution >= 0.6 is 11.8 Å². The molecule has 1 aliphatic rings. The molecule has 0 radical (unpaired) electrons. The Bertz CT molecular complexity index is 401. The van der Waals surface area contributed by atoms with Crippen LogP contribution in [0.2, 0.25) is 0 Å². The lowest BCUT2D eigenvalue weighted by molar-refractivity contribution is 0.393. The SMILES string of the molecule is COc1ccc(N2CCSCC2CN)c(OC)c1. The van der Waals surface area contributed by atoms with E-state index in [1.165, 1.54) is 0 Å². The summed E-state index contributed by atoms with van der Waals surface area (Å²) in [4.78, 5) is 2.34. The molecule has 1 saturated heterocycles. The van der Waals surface area contributed by atoms with Crippen molar-refractivity contribution in [3.63, 3.8) is 0 Å². The number of benzene rings is 1. The molecule has 0 aromatic heterocycles. The molecule has 100 valence electrons. The van der Waals surface area contributed by atoms with Gasteiger partial charge < -0.3 is 20.1 Å². The summed E-state index contributed by atoms with van der Waals surface area (Å²) in [6, 6.07) is 6.32. The molecule has 0 bridgehead atoms. The second-order valence-corrected chi connectivity index (χ2v) is 5.35. The Morgan fingerprint density at radius 2 is 2.22 bits per heavy atom. The molecule has 18 heavy (non-hydrogen) atoms. The maximum Gasteiger partial charge on any atom is 0.145 e. The Morgan fingerprint density at radius 3 is 2.89 bits per heavy atom. The minimum Gasteiger partial charge on any atom is -0.497 e. The Morgan fingerprint density at radius 1 is 1.39 bits per heavy atom. The van der Waals surface area contributed by atoms with Crippen molar-refractivity contribution in [1.29, 1.82) is 0 Å². The third-order valence-corrected chi connectivity index (χ3v) is 4.29. The van der Waals surface area contributed by atoms with E-state index < -0.39 is 0 Å². The summed E-state index contributed by atoms with van der Waals surface area (Å²) in [6.45, 7) is 1.68. The summed E-state index contributed by atoms with van der Waals surface area (Å²) >= 11 is 1.96. The van der Waals surface area contributed by atoms with Gasteiger partial charge in [-0.25, -0.2) is 0 Å². The summed E-state index contributed by atoms with van der Waals surface area (Å²) in [6.07, 6.45) is 0. The molecule has 1 aromatic rings. The summed E-state index contributed by atoms with van der Waals surface area (Å²) in [5, 5.41) is 0. The average Bonchev–Trinajstić information content (AvgIpc) is 2.46. The van der Waals surface area contributed by atoms with E-state index in [1.54, 1.807) is 14.2 Å². The number of nitrogens with two attached hydrogens (primary N) is 1. The van der Waals surface area contributed by atoms with Gasteiger partial charge in [-0.2, -0.15) is 11.8 Å². The van der Waals surface area contributed by atoms with Crippen LogP contribution in [0.5, 0.6) is 11.5 Å². The largest absolute Gasteiger partial charge is 0.497 e. The lowest BCUT2D eigenvalue weighted by atomic mass is 10.2. The van der Waals surface area contributed by atoms with Crippen LogP contribution in [0.3, 0.4) is 0 Å². The standard InChI is InChI=1S/C13H20N2O2S/c1-16-11-3-4-12(13(7-11)17-2)15-5-6-18-9-10(15)8-14/h3-4,7,10H,5-6,8-9,14H2,1-2H3. The monoisotopic (exact) mass is 268 g/mol. The molecule has 1 unspecified atom stereocenters. The molecule has 1 fully saturated rings. The highest BCUT2D eigenvalue weighted by atomic mass is 32.2. The molecule has 5 heteroatoms. The number of nitrogens with zero attached hydrogens (tertiary/aromatic N) is 1. The van der Waals surface area contributed by atoms with Gasteiger partial charge in [0, 0.05) is 30.7 Å². The first-order valence-electron chi connectivity index (χ1n) is 6.06. The van der Waals surface area contributed by atoms with Crippen molar-refractivity contribution < 1.29 is 9.47 Å². The van der Waals surface area contributed by atoms with Crippen molar-refractivity contribution in [1.82, 2.24) is 0 Å². The predicted octanol–water partition coefficient (Wildman–Crippen LogP) is 1.58. The van der Waals surface area contributed by atoms with Gasteiger partial charge in [0.05, 0.1) is 25.9 Å². The third kappa shape index (κ3) is 2.67. The molecule has 1 heterocycles. The van der Waals surface area contributed by atoms with E-state index in [0.29, 0.717) is 12.6 Å². The highest BCUT2D eigenvalue weighted by Gasteiger charge is 2.24. The van der Waals surface area contributed by atoms with E-state index >= 15 is 0 Å². The van der Waals surface area contributed by atoms with Gasteiger partial charge in [0.1, 0.15) is 11.5 Å². The lowest BCUT2D eigenvalue weighted by Crippen LogP contribution is -2.46. The number of thioether (sulfide) groups is 1. The number of methoxy groups -OCH3 is 2. The van der Waals surface area contributed by atoms with Crippen LogP contribution in [0, 0.1) is 0 Å². The normalized spacial score (nSPS) is 19.7. The zero-order valence-corrected chi connectivity index (χ0v) is 11.7. The van der Waals surface area contributed by atoms with Gasteiger partial charge in [-0.05, 0) is 12.1 Å². The van der Waals surface area contributed by atoms with Crippen molar-refractivity contribution in [3.8, 4) is 11.5 Å². The van der Waals surface area contributed by atoms with Crippen LogP contribution in [0.4, 0.5) is 5.69 Å². The topological polar surface area (TPSA) is 47.7 Å². The highest BCUT2D eigenvalue weighted by molar-refractivity contribution is 7.99. The van der Waals surface area contributed by atoms with E-state index in [1.807, 2.05) is 23.9 Å². The second kappa shape index (κ2) is 6.20. The van der Waals surface area contributed by atoms with Gasteiger partial charge in [0.15, 0.2) is 0 Å². The van der Waals surface area contributed by atoms with Crippen molar-refractivity contribution >= 4 is 17.4 Å². The van der Waals surface area contributed by atoms with Crippen LogP contribution in [0.25, 0.3) is 0 Å². The van der Waals surface area contributed by atoms with E-state index in [0.717, 1.165) is 35.2 Å². The third-order valence-electron chi connectivity index (χ3n) is 3.20. The number of ether oxygens (including phenoxy) is 2. The molecule has 2 N–H and O–H groups in total. The molecule has 0 aliphatic carbocycles. The Kier molecular flexibility index (Phi) is 4.60. The quantitative estimate of drug-likeness (QED) is 0.898. The zero-order valence-electron chi connectivity index (χ0n) is 10.9. The van der Waals surface area contributed by atoms with Gasteiger partial charge in [-0.3, -0.25) is 0 Å². The molecule has 4 nitrogen and oxygen atoms in total. The summed E-state index contributed by atoms with van der Waals surface area (Å²) < 4.78 is 10.7. The fraction of sp³-hybridized carbons (Fsp3) is 0.538. The van der Waals surface area contributed by atoms with E-state index in [4.69, 9.17) is 15.2 Å². The summed E-state index contributed by atoms with van der Waals surface area (Å²) in [5.41, 5.74) is 6.96. The Hall–Kier alpha value is -1.07. The minimum absolute atomic E-state index is 0.381. The fourth-order valence-electron chi connectivity index (χ4n) is 2.19. The lowest BCUT2D eigenvalue weighted by Gasteiger charge is -2.37. The van der Waals surface area contributed by atoms with Gasteiger partial charge in [0.2, 0.25) is 0 Å². The molecule has 0 amide bonds. The van der Waals surface area contributed by atoms with Crippen molar-refractivity contribution in [3.05, 3.63) is 18.2 Å². The maximum atomic E-state index is 5.86. The number of anilines is 1. The predicted molar refractivity (Wildman–Crippen MR) is 77.1 cm³/mol. The van der Waals surface area contributed by atoms with Gasteiger partial charge in [-0.1, -0.05) is 0 Å². The van der Waals surface area contributed by atoms with Crippen LogP contribution in [0.15, 0.2) is 18.2 Å². The fourth-order valence-corrected chi connectivity index (χ4v) is 3.27. The minimum atomic E-state index is 0.381. The zero-order chi connectivity index (χ0) is 13.0. The molecular weight excluding hydrogens is 248 g/mol. The van der Waals surface area contributed by atoms with Crippen LogP contribution in [0.1, 0.15) is 0 Å². The summed E-state index contributed by atoms with van der Waals surface area (Å²) in [5.74, 6) is 3.86. The van der Waals surface area contributed by atoms with Crippen molar-refractivity contribution in [2.45, 2.75) is 6.04 Å². The second-order valence-electron chi connectivity index (χ2n) is 4.20. The van der Waals surface area contributed by atoms with Gasteiger partial charge in [0.25, 0.3) is 0 Å². The first-order chi connectivity index (χ1) is 8.80. The Labute approximate surface area is 112 Å². The van der Waals surface area contributed by atoms with Crippen molar-refractivity contribution in [2.24, 2.45) is 5.73 Å². The first kappa shape index (κ1) is 13.4. The summed E-state index contributed by atoms with van der Waals surface area (Å²) in [7, 11) is 3.35. The van der Waals surface area contributed by atoms with Gasteiger partial charge in [-0.15, -0.1) is 0 Å². The van der Waals surface area contributed by atoms with Gasteiger partial charge >= 0.3 is 0 Å². The number of rotatable bonds is 4. The average molecular weight is 268 g/mol. The molecular formula is C13H20N2O2S. The van der Waals surface area contributed by atoms with Crippen LogP contribution in [-0.4, -0.2) is 44.9 Å². The first-order valence-corrected chi connectivity index (χ1v) is 7.22. The molecule has 1 aromatic carbocycles. The molecule has 1 atom stereocenters. The van der Waals surface area contributed by atoms with Crippen LogP contribution < -0.4 is 20.1 Å². The van der Waals surface area contributed by atoms with E-state index in [-0.39, 0.29) is 0 Å². The smallest absolute Gasteiger partial charge is 0.145 e. The molecule has 2 rings (SSSR count). The maximum absolute atomic E-state index is 5.86. The number of hydrogen-bond donors (Lipinski definition) is 1. The van der Waals surface area contributed by atoms with E-state index in [2.05, 4.69) is 11.0 Å². The highest BCUT2D eigenvalue weighted by Crippen LogP contribution is 2.35. The molecule has 0 spiro atoms. The van der Waals surface area contributed by atoms with E-state index in [9.17, 15) is 0 Å². The molecule has 0 saturated carbocycles. The number of hydrogen-bond acceptors (Lipinski definition) is 5.